The molecule has 1 amide bonds. The molecule has 2 saturated heterocycles. The fourth-order valence-electron chi connectivity index (χ4n) is 6.78. The van der Waals surface area contributed by atoms with E-state index >= 15 is 0 Å². The van der Waals surface area contributed by atoms with Crippen LogP contribution >= 0.6 is 0 Å². The highest BCUT2D eigenvalue weighted by Gasteiger charge is 2.68. The van der Waals surface area contributed by atoms with Crippen LogP contribution in [-0.2, 0) is 20.5 Å². The van der Waals surface area contributed by atoms with Crippen LogP contribution in [0.2, 0.25) is 0 Å². The Morgan fingerprint density at radius 2 is 2.00 bits per heavy atom. The summed E-state index contributed by atoms with van der Waals surface area (Å²) in [7, 11) is -0.390. The van der Waals surface area contributed by atoms with Gasteiger partial charge in [0.15, 0.2) is 0 Å². The standard InChI is InChI=1S/C25H37BN2O3.C2H6.2H2/c1-24(2)19-14-20(24)25(3)21(15-19)30-26(31-25)22(12-17-8-5-4-6-9-17)28-23(29)13-18-10-7-11-27-16-18;1-2;;/h4-6,8-9,18-22,27H,7,10-16H2,1-3H3,(H,28,29);1-2H3;2*1H/t18-,19?,20?,21+,22-,25-;;;/m0.../s1. The Balaban J connectivity index is 0.00000105. The van der Waals surface area contributed by atoms with Crippen LogP contribution in [0.25, 0.3) is 0 Å². The van der Waals surface area contributed by atoms with E-state index in [2.05, 4.69) is 55.7 Å². The molecule has 3 aliphatic carbocycles. The van der Waals surface area contributed by atoms with Gasteiger partial charge in [-0.15, -0.1) is 0 Å². The van der Waals surface area contributed by atoms with Crippen molar-refractivity contribution < 1.29 is 17.0 Å². The summed E-state index contributed by atoms with van der Waals surface area (Å²) in [6, 6.07) is 10.4. The number of hydrogen-bond donors (Lipinski definition) is 2. The number of hydrogen-bond acceptors (Lipinski definition) is 4. The van der Waals surface area contributed by atoms with Gasteiger partial charge in [-0.3, -0.25) is 4.79 Å². The van der Waals surface area contributed by atoms with Gasteiger partial charge in [-0.25, -0.2) is 0 Å². The van der Waals surface area contributed by atoms with Crippen molar-refractivity contribution in [1.82, 2.24) is 10.6 Å². The zero-order valence-electron chi connectivity index (χ0n) is 21.2. The second-order valence-corrected chi connectivity index (χ2v) is 11.1. The zero-order valence-corrected chi connectivity index (χ0v) is 21.2. The van der Waals surface area contributed by atoms with Crippen LogP contribution in [0.3, 0.4) is 0 Å². The molecule has 0 radical (unpaired) electrons. The lowest BCUT2D eigenvalue weighted by Crippen LogP contribution is -2.65. The summed E-state index contributed by atoms with van der Waals surface area (Å²) in [6.45, 7) is 13.0. The molecule has 186 valence electrons. The van der Waals surface area contributed by atoms with Gasteiger partial charge in [0.25, 0.3) is 0 Å². The Hall–Kier alpha value is -1.37. The van der Waals surface area contributed by atoms with Crippen molar-refractivity contribution in [1.29, 1.82) is 0 Å². The summed E-state index contributed by atoms with van der Waals surface area (Å²) in [6.07, 6.45) is 6.00. The average Bonchev–Trinajstić information content (AvgIpc) is 3.18. The maximum Gasteiger partial charge on any atom is 0.482 e. The number of carbonyl (C=O) groups is 1. The zero-order chi connectivity index (χ0) is 23.6. The van der Waals surface area contributed by atoms with Gasteiger partial charge in [0.05, 0.1) is 17.6 Å². The minimum Gasteiger partial charge on any atom is -0.404 e. The Kier molecular flexibility index (Phi) is 7.57. The maximum absolute atomic E-state index is 13.0. The van der Waals surface area contributed by atoms with E-state index in [1.165, 1.54) is 12.0 Å². The molecule has 5 fully saturated rings. The molecule has 6 rings (SSSR count). The molecule has 0 aromatic heterocycles. The van der Waals surface area contributed by atoms with Crippen molar-refractivity contribution in [2.45, 2.75) is 90.8 Å². The Morgan fingerprint density at radius 3 is 2.67 bits per heavy atom. The lowest BCUT2D eigenvalue weighted by Gasteiger charge is -2.64. The van der Waals surface area contributed by atoms with Gasteiger partial charge in [-0.1, -0.05) is 58.0 Å². The van der Waals surface area contributed by atoms with Crippen LogP contribution in [0.1, 0.15) is 75.1 Å². The molecule has 6 heteroatoms. The second-order valence-electron chi connectivity index (χ2n) is 11.1. The molecule has 1 aromatic rings. The first-order valence-corrected chi connectivity index (χ1v) is 13.2. The molecule has 2 heterocycles. The molecule has 3 saturated carbocycles. The average molecular weight is 458 g/mol. The number of amides is 1. The van der Waals surface area contributed by atoms with E-state index in [4.69, 9.17) is 9.31 Å². The fraction of sp³-hybridized carbons (Fsp3) is 0.741. The van der Waals surface area contributed by atoms with Gasteiger partial charge < -0.3 is 19.9 Å². The summed E-state index contributed by atoms with van der Waals surface area (Å²) in [4.78, 5) is 13.0. The lowest BCUT2D eigenvalue weighted by atomic mass is 9.43. The smallest absolute Gasteiger partial charge is 0.404 e. The molecule has 5 aliphatic rings. The lowest BCUT2D eigenvalue weighted by molar-refractivity contribution is -0.199. The number of benzene rings is 1. The predicted octanol–water partition coefficient (Wildman–Crippen LogP) is 4.89. The van der Waals surface area contributed by atoms with Crippen molar-refractivity contribution in [2.24, 2.45) is 23.2 Å². The third kappa shape index (κ3) is 4.90. The third-order valence-electron chi connectivity index (χ3n) is 8.82. The molecule has 6 atom stereocenters. The molecule has 2 N–H and O–H groups in total. The minimum atomic E-state index is -0.390. The van der Waals surface area contributed by atoms with Crippen molar-refractivity contribution in [3.8, 4) is 0 Å². The van der Waals surface area contributed by atoms with Crippen LogP contribution in [-0.4, -0.2) is 43.8 Å². The minimum absolute atomic E-state index is 0. The van der Waals surface area contributed by atoms with E-state index in [0.29, 0.717) is 23.7 Å². The predicted molar refractivity (Wildman–Crippen MR) is 138 cm³/mol. The fourth-order valence-corrected chi connectivity index (χ4v) is 6.78. The van der Waals surface area contributed by atoms with Crippen LogP contribution in [0.4, 0.5) is 0 Å². The van der Waals surface area contributed by atoms with Crippen LogP contribution < -0.4 is 10.6 Å². The number of carbonyl (C=O) groups excluding carboxylic acids is 1. The highest BCUT2D eigenvalue weighted by Crippen LogP contribution is 2.65. The van der Waals surface area contributed by atoms with E-state index in [-0.39, 0.29) is 26.4 Å². The van der Waals surface area contributed by atoms with E-state index < -0.39 is 7.12 Å². The topological polar surface area (TPSA) is 59.6 Å². The molecule has 2 bridgehead atoms. The van der Waals surface area contributed by atoms with Crippen molar-refractivity contribution in [3.05, 3.63) is 35.9 Å². The highest BCUT2D eigenvalue weighted by atomic mass is 16.7. The Morgan fingerprint density at radius 1 is 1.24 bits per heavy atom. The van der Waals surface area contributed by atoms with Crippen molar-refractivity contribution >= 4 is 13.0 Å². The number of piperidine rings is 1. The van der Waals surface area contributed by atoms with Crippen molar-refractivity contribution in [3.63, 3.8) is 0 Å². The molecule has 0 spiro atoms. The van der Waals surface area contributed by atoms with Crippen LogP contribution in [0, 0.1) is 23.2 Å². The highest BCUT2D eigenvalue weighted by molar-refractivity contribution is 6.48. The third-order valence-corrected chi connectivity index (χ3v) is 8.82. The van der Waals surface area contributed by atoms with E-state index in [1.54, 1.807) is 0 Å². The first-order valence-electron chi connectivity index (χ1n) is 13.2. The molecule has 2 unspecified atom stereocenters. The summed E-state index contributed by atoms with van der Waals surface area (Å²) in [5.41, 5.74) is 1.26. The summed E-state index contributed by atoms with van der Waals surface area (Å²) in [5, 5.41) is 6.73. The van der Waals surface area contributed by atoms with Gasteiger partial charge in [0, 0.05) is 9.27 Å². The second kappa shape index (κ2) is 10.1. The number of nitrogens with one attached hydrogen (secondary N) is 2. The van der Waals surface area contributed by atoms with Crippen LogP contribution in [0.15, 0.2) is 30.3 Å². The van der Waals surface area contributed by atoms with Gasteiger partial charge >= 0.3 is 7.12 Å². The summed E-state index contributed by atoms with van der Waals surface area (Å²) >= 11 is 0. The van der Waals surface area contributed by atoms with E-state index in [9.17, 15) is 4.79 Å². The molecule has 5 nitrogen and oxygen atoms in total. The SMILES string of the molecule is CC.CC1(C)C2CC1[C@]1(C)OB([C@H](Cc3ccccc3)NC(=O)C[C@@H]3CCCNC3)O[C@@H]1C2.[HH].[HH]. The normalized spacial score (nSPS) is 34.9. The molecule has 1 aromatic carbocycles. The van der Waals surface area contributed by atoms with Gasteiger partial charge in [0.1, 0.15) is 0 Å². The molecular formula is C27H47BN2O3. The maximum atomic E-state index is 13.0. The van der Waals surface area contributed by atoms with Gasteiger partial charge in [-0.2, -0.15) is 0 Å². The van der Waals surface area contributed by atoms with Gasteiger partial charge in [-0.05, 0) is 80.8 Å². The van der Waals surface area contributed by atoms with E-state index in [0.717, 1.165) is 44.7 Å². The Bertz CT molecular complexity index is 809. The van der Waals surface area contributed by atoms with E-state index in [1.807, 2.05) is 19.9 Å². The molecule has 2 aliphatic heterocycles. The summed E-state index contributed by atoms with van der Waals surface area (Å²) < 4.78 is 13.3. The number of rotatable bonds is 6. The quantitative estimate of drug-likeness (QED) is 0.596. The summed E-state index contributed by atoms with van der Waals surface area (Å²) in [5.74, 6) is 1.61. The van der Waals surface area contributed by atoms with Crippen LogP contribution in [0.5, 0.6) is 0 Å². The largest absolute Gasteiger partial charge is 0.482 e. The molecular weight excluding hydrogens is 411 g/mol. The monoisotopic (exact) mass is 458 g/mol. The van der Waals surface area contributed by atoms with Gasteiger partial charge in [0.2, 0.25) is 5.91 Å². The first-order chi connectivity index (χ1) is 15.9. The Labute approximate surface area is 203 Å². The first kappa shape index (κ1) is 24.7. The molecule has 33 heavy (non-hydrogen) atoms. The van der Waals surface area contributed by atoms with Crippen molar-refractivity contribution in [2.75, 3.05) is 13.1 Å².